The standard InChI is InChI=1S/C12H11FN2O2S/c1-15(10-4-2-3-8(13)5-10)12-14-9(7-18-12)6-11(16)17/h2-5,7H,6H2,1H3,(H,16,17). The van der Waals surface area contributed by atoms with E-state index in [-0.39, 0.29) is 12.2 Å². The minimum atomic E-state index is -0.916. The molecule has 4 nitrogen and oxygen atoms in total. The number of carboxylic acid groups (broad SMARTS) is 1. The highest BCUT2D eigenvalue weighted by molar-refractivity contribution is 7.13. The van der Waals surface area contributed by atoms with Gasteiger partial charge in [-0.05, 0) is 18.2 Å². The van der Waals surface area contributed by atoms with Crippen molar-refractivity contribution in [2.75, 3.05) is 11.9 Å². The summed E-state index contributed by atoms with van der Waals surface area (Å²) in [6, 6.07) is 6.15. The van der Waals surface area contributed by atoms with Gasteiger partial charge in [-0.2, -0.15) is 0 Å². The predicted octanol–water partition coefficient (Wildman–Crippen LogP) is 2.68. The van der Waals surface area contributed by atoms with E-state index >= 15 is 0 Å². The van der Waals surface area contributed by atoms with E-state index < -0.39 is 5.97 Å². The molecule has 0 saturated carbocycles. The van der Waals surface area contributed by atoms with E-state index in [0.717, 1.165) is 0 Å². The Labute approximate surface area is 107 Å². The topological polar surface area (TPSA) is 53.4 Å². The molecule has 0 aliphatic heterocycles. The van der Waals surface area contributed by atoms with E-state index in [4.69, 9.17) is 5.11 Å². The van der Waals surface area contributed by atoms with Crippen molar-refractivity contribution in [1.82, 2.24) is 4.98 Å². The molecule has 94 valence electrons. The van der Waals surface area contributed by atoms with Crippen molar-refractivity contribution in [2.24, 2.45) is 0 Å². The second-order valence-electron chi connectivity index (χ2n) is 3.73. The van der Waals surface area contributed by atoms with Crippen LogP contribution in [0.15, 0.2) is 29.6 Å². The van der Waals surface area contributed by atoms with Crippen LogP contribution in [-0.4, -0.2) is 23.1 Å². The summed E-state index contributed by atoms with van der Waals surface area (Å²) in [4.78, 5) is 16.5. The van der Waals surface area contributed by atoms with Crippen molar-refractivity contribution in [2.45, 2.75) is 6.42 Å². The van der Waals surface area contributed by atoms with E-state index in [1.54, 1.807) is 29.5 Å². The molecule has 0 atom stereocenters. The zero-order valence-corrected chi connectivity index (χ0v) is 10.4. The molecule has 18 heavy (non-hydrogen) atoms. The highest BCUT2D eigenvalue weighted by Crippen LogP contribution is 2.27. The Balaban J connectivity index is 2.21. The SMILES string of the molecule is CN(c1cccc(F)c1)c1nc(CC(=O)O)cs1. The third-order valence-corrected chi connectivity index (χ3v) is 3.32. The fraction of sp³-hybridized carbons (Fsp3) is 0.167. The Kier molecular flexibility index (Phi) is 3.57. The van der Waals surface area contributed by atoms with Crippen LogP contribution < -0.4 is 4.90 Å². The zero-order chi connectivity index (χ0) is 13.1. The molecule has 0 radical (unpaired) electrons. The first-order chi connectivity index (χ1) is 8.56. The molecule has 0 aliphatic rings. The van der Waals surface area contributed by atoms with E-state index in [9.17, 15) is 9.18 Å². The molecule has 0 bridgehead atoms. The normalized spacial score (nSPS) is 10.3. The number of carbonyl (C=O) groups is 1. The molecule has 0 unspecified atom stereocenters. The lowest BCUT2D eigenvalue weighted by molar-refractivity contribution is -0.136. The van der Waals surface area contributed by atoms with Crippen molar-refractivity contribution in [3.05, 3.63) is 41.2 Å². The number of thiazole rings is 1. The molecule has 1 aromatic heterocycles. The molecular weight excluding hydrogens is 255 g/mol. The molecule has 0 spiro atoms. The minimum absolute atomic E-state index is 0.104. The monoisotopic (exact) mass is 266 g/mol. The van der Waals surface area contributed by atoms with Gasteiger partial charge in [0.2, 0.25) is 0 Å². The van der Waals surface area contributed by atoms with Gasteiger partial charge in [0.1, 0.15) is 5.82 Å². The van der Waals surface area contributed by atoms with Gasteiger partial charge in [-0.25, -0.2) is 9.37 Å². The summed E-state index contributed by atoms with van der Waals surface area (Å²) in [5.41, 5.74) is 1.18. The van der Waals surface area contributed by atoms with Crippen LogP contribution in [0.3, 0.4) is 0 Å². The molecule has 1 heterocycles. The number of benzene rings is 1. The van der Waals surface area contributed by atoms with Gasteiger partial charge in [0, 0.05) is 18.1 Å². The maximum Gasteiger partial charge on any atom is 0.309 e. The third kappa shape index (κ3) is 2.84. The Bertz CT molecular complexity index is 571. The van der Waals surface area contributed by atoms with Crippen LogP contribution in [0.1, 0.15) is 5.69 Å². The first-order valence-corrected chi connectivity index (χ1v) is 6.09. The summed E-state index contributed by atoms with van der Waals surface area (Å²) in [5, 5.41) is 11.0. The van der Waals surface area contributed by atoms with E-state index in [1.807, 2.05) is 0 Å². The van der Waals surface area contributed by atoms with Crippen LogP contribution in [0.5, 0.6) is 0 Å². The number of hydrogen-bond donors (Lipinski definition) is 1. The van der Waals surface area contributed by atoms with Gasteiger partial charge < -0.3 is 10.0 Å². The lowest BCUT2D eigenvalue weighted by Crippen LogP contribution is -2.09. The number of carboxylic acids is 1. The van der Waals surface area contributed by atoms with Crippen molar-refractivity contribution in [1.29, 1.82) is 0 Å². The molecule has 2 aromatic rings. The van der Waals surface area contributed by atoms with Crippen molar-refractivity contribution in [3.8, 4) is 0 Å². The first kappa shape index (κ1) is 12.5. The third-order valence-electron chi connectivity index (χ3n) is 2.35. The van der Waals surface area contributed by atoms with Gasteiger partial charge in [-0.15, -0.1) is 11.3 Å². The lowest BCUT2D eigenvalue weighted by Gasteiger charge is -2.15. The van der Waals surface area contributed by atoms with E-state index in [2.05, 4.69) is 4.98 Å². The Morgan fingerprint density at radius 1 is 1.56 bits per heavy atom. The van der Waals surface area contributed by atoms with Crippen LogP contribution in [-0.2, 0) is 11.2 Å². The van der Waals surface area contributed by atoms with Crippen LogP contribution in [0.25, 0.3) is 0 Å². The molecule has 6 heteroatoms. The highest BCUT2D eigenvalue weighted by Gasteiger charge is 2.11. The quantitative estimate of drug-likeness (QED) is 0.924. The maximum absolute atomic E-state index is 13.1. The first-order valence-electron chi connectivity index (χ1n) is 5.22. The van der Waals surface area contributed by atoms with Gasteiger partial charge in [-0.1, -0.05) is 6.07 Å². The Morgan fingerprint density at radius 3 is 3.00 bits per heavy atom. The molecular formula is C12H11FN2O2S. The number of nitrogens with zero attached hydrogens (tertiary/aromatic N) is 2. The second kappa shape index (κ2) is 5.14. The number of anilines is 2. The molecule has 0 saturated heterocycles. The van der Waals surface area contributed by atoms with Gasteiger partial charge >= 0.3 is 5.97 Å². The molecule has 0 amide bonds. The van der Waals surface area contributed by atoms with Crippen LogP contribution in [0, 0.1) is 5.82 Å². The van der Waals surface area contributed by atoms with Gasteiger partial charge in [-0.3, -0.25) is 4.79 Å². The predicted molar refractivity (Wildman–Crippen MR) is 67.9 cm³/mol. The Hall–Kier alpha value is -1.95. The molecule has 2 rings (SSSR count). The van der Waals surface area contributed by atoms with Crippen LogP contribution in [0.4, 0.5) is 15.2 Å². The van der Waals surface area contributed by atoms with Gasteiger partial charge in [0.15, 0.2) is 5.13 Å². The van der Waals surface area contributed by atoms with Gasteiger partial charge in [0.05, 0.1) is 12.1 Å². The van der Waals surface area contributed by atoms with E-state index in [1.165, 1.54) is 23.5 Å². The average molecular weight is 266 g/mol. The molecule has 0 fully saturated rings. The van der Waals surface area contributed by atoms with Crippen molar-refractivity contribution in [3.63, 3.8) is 0 Å². The Morgan fingerprint density at radius 2 is 2.33 bits per heavy atom. The van der Waals surface area contributed by atoms with Crippen molar-refractivity contribution < 1.29 is 14.3 Å². The number of rotatable bonds is 4. The smallest absolute Gasteiger partial charge is 0.309 e. The maximum atomic E-state index is 13.1. The fourth-order valence-corrected chi connectivity index (χ4v) is 2.29. The molecule has 1 aromatic carbocycles. The highest BCUT2D eigenvalue weighted by atomic mass is 32.1. The summed E-state index contributed by atoms with van der Waals surface area (Å²) in [5.74, 6) is -1.23. The average Bonchev–Trinajstić information content (AvgIpc) is 2.75. The molecule has 1 N–H and O–H groups in total. The van der Waals surface area contributed by atoms with Crippen LogP contribution >= 0.6 is 11.3 Å². The number of aromatic nitrogens is 1. The zero-order valence-electron chi connectivity index (χ0n) is 9.63. The molecule has 0 aliphatic carbocycles. The largest absolute Gasteiger partial charge is 0.481 e. The number of hydrogen-bond acceptors (Lipinski definition) is 4. The summed E-state index contributed by atoms with van der Waals surface area (Å²) >= 11 is 1.33. The number of aliphatic carboxylic acids is 1. The van der Waals surface area contributed by atoms with Gasteiger partial charge in [0.25, 0.3) is 0 Å². The number of halogens is 1. The fourth-order valence-electron chi connectivity index (χ4n) is 1.48. The van der Waals surface area contributed by atoms with Crippen molar-refractivity contribution >= 4 is 28.1 Å². The lowest BCUT2D eigenvalue weighted by atomic mass is 10.3. The summed E-state index contributed by atoms with van der Waals surface area (Å²) < 4.78 is 13.1. The summed E-state index contributed by atoms with van der Waals surface area (Å²) in [6.45, 7) is 0. The minimum Gasteiger partial charge on any atom is -0.481 e. The summed E-state index contributed by atoms with van der Waals surface area (Å²) in [7, 11) is 1.76. The van der Waals surface area contributed by atoms with E-state index in [0.29, 0.717) is 16.5 Å². The van der Waals surface area contributed by atoms with Crippen LogP contribution in [0.2, 0.25) is 0 Å². The summed E-state index contributed by atoms with van der Waals surface area (Å²) in [6.07, 6.45) is -0.104. The second-order valence-corrected chi connectivity index (χ2v) is 4.57.